The van der Waals surface area contributed by atoms with Crippen LogP contribution in [-0.2, 0) is 14.3 Å². The molecule has 1 fully saturated rings. The van der Waals surface area contributed by atoms with Gasteiger partial charge in [0.15, 0.2) is 5.78 Å². The third-order valence-electron chi connectivity index (χ3n) is 2.89. The monoisotopic (exact) mass is 229 g/mol. The molecule has 0 aromatic heterocycles. The Morgan fingerprint density at radius 1 is 1.44 bits per heavy atom. The Kier molecular flexibility index (Phi) is 5.25. The molecule has 92 valence electrons. The molecule has 1 N–H and O–H groups in total. The highest BCUT2D eigenvalue weighted by molar-refractivity contribution is 5.87. The molecule has 1 unspecified atom stereocenters. The number of rotatable bonds is 4. The predicted octanol–water partition coefficient (Wildman–Crippen LogP) is 1.12. The number of ketones is 1. The maximum absolute atomic E-state index is 11.8. The van der Waals surface area contributed by atoms with Crippen LogP contribution >= 0.6 is 0 Å². The van der Waals surface area contributed by atoms with Crippen LogP contribution in [0.2, 0.25) is 0 Å². The van der Waals surface area contributed by atoms with E-state index in [9.17, 15) is 9.59 Å². The van der Waals surface area contributed by atoms with Crippen LogP contribution in [0.5, 0.6) is 0 Å². The maximum Gasteiger partial charge on any atom is 0.407 e. The molecule has 0 aliphatic carbocycles. The Labute approximate surface area is 95.5 Å². The van der Waals surface area contributed by atoms with Gasteiger partial charge >= 0.3 is 6.09 Å². The molecule has 1 saturated heterocycles. The van der Waals surface area contributed by atoms with Gasteiger partial charge in [-0.1, -0.05) is 6.92 Å². The van der Waals surface area contributed by atoms with Crippen LogP contribution in [0.4, 0.5) is 4.79 Å². The van der Waals surface area contributed by atoms with E-state index < -0.39 is 12.1 Å². The van der Waals surface area contributed by atoms with Gasteiger partial charge in [-0.05, 0) is 18.8 Å². The van der Waals surface area contributed by atoms with Crippen LogP contribution in [0, 0.1) is 5.92 Å². The molecule has 0 aromatic rings. The highest BCUT2D eigenvalue weighted by Crippen LogP contribution is 2.20. The van der Waals surface area contributed by atoms with E-state index in [0.717, 1.165) is 12.8 Å². The molecule has 16 heavy (non-hydrogen) atoms. The molecule has 0 radical (unpaired) electrons. The number of hydrogen-bond donors (Lipinski definition) is 1. The zero-order valence-corrected chi connectivity index (χ0v) is 9.82. The minimum absolute atomic E-state index is 0.0531. The fourth-order valence-electron chi connectivity index (χ4n) is 1.92. The average Bonchev–Trinajstić information content (AvgIpc) is 2.35. The Morgan fingerprint density at radius 2 is 2.06 bits per heavy atom. The van der Waals surface area contributed by atoms with E-state index in [1.165, 1.54) is 7.11 Å². The lowest BCUT2D eigenvalue weighted by Gasteiger charge is -2.29. The fourth-order valence-corrected chi connectivity index (χ4v) is 1.92. The van der Waals surface area contributed by atoms with Crippen molar-refractivity contribution in [3.8, 4) is 0 Å². The van der Waals surface area contributed by atoms with Crippen molar-refractivity contribution < 1.29 is 19.1 Å². The van der Waals surface area contributed by atoms with Gasteiger partial charge in [0.25, 0.3) is 0 Å². The summed E-state index contributed by atoms with van der Waals surface area (Å²) in [4.78, 5) is 22.9. The van der Waals surface area contributed by atoms with E-state index in [1.807, 2.05) is 0 Å². The topological polar surface area (TPSA) is 64.6 Å². The third kappa shape index (κ3) is 3.48. The molecular weight excluding hydrogens is 210 g/mol. The number of carbonyl (C=O) groups excluding carboxylic acids is 2. The maximum atomic E-state index is 11.8. The first kappa shape index (κ1) is 13.0. The summed E-state index contributed by atoms with van der Waals surface area (Å²) < 4.78 is 9.77. The third-order valence-corrected chi connectivity index (χ3v) is 2.89. The summed E-state index contributed by atoms with van der Waals surface area (Å²) in [5.74, 6) is 0.220. The van der Waals surface area contributed by atoms with Gasteiger partial charge in [-0.25, -0.2) is 4.79 Å². The molecule has 1 heterocycles. The molecule has 1 atom stereocenters. The van der Waals surface area contributed by atoms with Crippen molar-refractivity contribution in [3.63, 3.8) is 0 Å². The van der Waals surface area contributed by atoms with Crippen molar-refractivity contribution in [1.82, 2.24) is 5.32 Å². The fraction of sp³-hybridized carbons (Fsp3) is 0.818. The minimum Gasteiger partial charge on any atom is -0.453 e. The van der Waals surface area contributed by atoms with Gasteiger partial charge in [0.2, 0.25) is 0 Å². The van der Waals surface area contributed by atoms with E-state index >= 15 is 0 Å². The van der Waals surface area contributed by atoms with E-state index in [-0.39, 0.29) is 11.7 Å². The summed E-state index contributed by atoms with van der Waals surface area (Å²) in [7, 11) is 1.30. The van der Waals surface area contributed by atoms with E-state index in [1.54, 1.807) is 6.92 Å². The number of carbonyl (C=O) groups is 2. The minimum atomic E-state index is -0.543. The highest BCUT2D eigenvalue weighted by Gasteiger charge is 2.30. The van der Waals surface area contributed by atoms with Gasteiger partial charge in [0, 0.05) is 19.6 Å². The van der Waals surface area contributed by atoms with Crippen LogP contribution in [0.3, 0.4) is 0 Å². The first-order valence-electron chi connectivity index (χ1n) is 5.64. The molecule has 0 bridgehead atoms. The number of ether oxygens (including phenoxy) is 2. The molecule has 5 heteroatoms. The first-order valence-corrected chi connectivity index (χ1v) is 5.64. The van der Waals surface area contributed by atoms with Crippen molar-refractivity contribution in [2.75, 3.05) is 20.3 Å². The number of Topliss-reactive ketones (excluding diaryl/α,β-unsaturated/α-hetero) is 1. The summed E-state index contributed by atoms with van der Waals surface area (Å²) in [6.45, 7) is 3.11. The Morgan fingerprint density at radius 3 is 2.56 bits per heavy atom. The van der Waals surface area contributed by atoms with Gasteiger partial charge in [0.05, 0.1) is 13.2 Å². The molecule has 5 nitrogen and oxygen atoms in total. The zero-order chi connectivity index (χ0) is 12.0. The summed E-state index contributed by atoms with van der Waals surface area (Å²) >= 11 is 0. The SMILES string of the molecule is CCC(=O)C(NC(=O)OC)C1CCOCC1. The summed E-state index contributed by atoms with van der Waals surface area (Å²) in [6, 6.07) is -0.429. The van der Waals surface area contributed by atoms with Crippen LogP contribution in [0.25, 0.3) is 0 Å². The van der Waals surface area contributed by atoms with E-state index in [4.69, 9.17) is 4.74 Å². The highest BCUT2D eigenvalue weighted by atomic mass is 16.5. The molecule has 1 amide bonds. The molecule has 1 aliphatic rings. The van der Waals surface area contributed by atoms with Gasteiger partial charge in [0.1, 0.15) is 0 Å². The molecular formula is C11H19NO4. The lowest BCUT2D eigenvalue weighted by atomic mass is 9.88. The lowest BCUT2D eigenvalue weighted by Crippen LogP contribution is -2.47. The normalized spacial score (nSPS) is 18.9. The van der Waals surface area contributed by atoms with Crippen LogP contribution in [-0.4, -0.2) is 38.2 Å². The quantitative estimate of drug-likeness (QED) is 0.784. The second-order valence-corrected chi connectivity index (χ2v) is 3.88. The summed E-state index contributed by atoms with van der Waals surface area (Å²) in [6.07, 6.45) is 1.49. The molecule has 0 spiro atoms. The molecule has 1 aliphatic heterocycles. The van der Waals surface area contributed by atoms with E-state index in [2.05, 4.69) is 10.1 Å². The lowest BCUT2D eigenvalue weighted by molar-refractivity contribution is -0.122. The molecule has 0 saturated carbocycles. The van der Waals surface area contributed by atoms with E-state index in [0.29, 0.717) is 19.6 Å². The standard InChI is InChI=1S/C11H19NO4/c1-3-9(13)10(12-11(14)15-2)8-4-6-16-7-5-8/h8,10H,3-7H2,1-2H3,(H,12,14). The Balaban J connectivity index is 2.61. The van der Waals surface area contributed by atoms with Gasteiger partial charge in [-0.3, -0.25) is 4.79 Å². The second-order valence-electron chi connectivity index (χ2n) is 3.88. The van der Waals surface area contributed by atoms with Gasteiger partial charge in [-0.15, -0.1) is 0 Å². The van der Waals surface area contributed by atoms with Gasteiger partial charge < -0.3 is 14.8 Å². The number of alkyl carbamates (subject to hydrolysis) is 1. The average molecular weight is 229 g/mol. The van der Waals surface area contributed by atoms with Crippen molar-refractivity contribution in [2.45, 2.75) is 32.2 Å². The summed E-state index contributed by atoms with van der Waals surface area (Å²) in [5.41, 5.74) is 0. The molecule has 1 rings (SSSR count). The first-order chi connectivity index (χ1) is 7.69. The van der Waals surface area contributed by atoms with Crippen LogP contribution < -0.4 is 5.32 Å². The largest absolute Gasteiger partial charge is 0.453 e. The second kappa shape index (κ2) is 6.48. The van der Waals surface area contributed by atoms with Gasteiger partial charge in [-0.2, -0.15) is 0 Å². The zero-order valence-electron chi connectivity index (χ0n) is 9.82. The van der Waals surface area contributed by atoms with Crippen molar-refractivity contribution in [1.29, 1.82) is 0 Å². The molecule has 0 aromatic carbocycles. The van der Waals surface area contributed by atoms with Crippen LogP contribution in [0.1, 0.15) is 26.2 Å². The van der Waals surface area contributed by atoms with Crippen molar-refractivity contribution >= 4 is 11.9 Å². The number of nitrogens with one attached hydrogen (secondary N) is 1. The Bertz CT molecular complexity index is 248. The smallest absolute Gasteiger partial charge is 0.407 e. The van der Waals surface area contributed by atoms with Crippen molar-refractivity contribution in [2.24, 2.45) is 5.92 Å². The van der Waals surface area contributed by atoms with Crippen LogP contribution in [0.15, 0.2) is 0 Å². The Hall–Kier alpha value is -1.10. The number of methoxy groups -OCH3 is 1. The predicted molar refractivity (Wildman–Crippen MR) is 58.2 cm³/mol. The van der Waals surface area contributed by atoms with Crippen molar-refractivity contribution in [3.05, 3.63) is 0 Å². The number of hydrogen-bond acceptors (Lipinski definition) is 4. The number of amides is 1. The summed E-state index contributed by atoms with van der Waals surface area (Å²) in [5, 5.41) is 2.62.